The van der Waals surface area contributed by atoms with E-state index in [-0.39, 0.29) is 5.91 Å². The second-order valence-corrected chi connectivity index (χ2v) is 7.84. The largest absolute Gasteiger partial charge is 0.358 e. The minimum atomic E-state index is 0.183. The molecule has 1 fully saturated rings. The molecule has 154 valence electrons. The summed E-state index contributed by atoms with van der Waals surface area (Å²) < 4.78 is 2.06. The number of rotatable bonds is 5. The van der Waals surface area contributed by atoms with Gasteiger partial charge in [0.15, 0.2) is 5.11 Å². The van der Waals surface area contributed by atoms with Gasteiger partial charge >= 0.3 is 0 Å². The van der Waals surface area contributed by atoms with Gasteiger partial charge in [0.05, 0.1) is 5.69 Å². The quantitative estimate of drug-likeness (QED) is 0.610. The van der Waals surface area contributed by atoms with E-state index in [9.17, 15) is 4.79 Å². The van der Waals surface area contributed by atoms with Gasteiger partial charge in [-0.25, -0.2) is 4.98 Å². The SMILES string of the molecule is Cc1ccc(NC(=S)NCc2ccccc2-n2ccnc2C)cc1N1CCCC1=O. The Bertz CT molecular complexity index is 1090. The number of aryl methyl sites for hydroxylation is 2. The number of thiocarbonyl (C=S) groups is 1. The van der Waals surface area contributed by atoms with Crippen LogP contribution in [-0.2, 0) is 11.3 Å². The topological polar surface area (TPSA) is 62.2 Å². The Labute approximate surface area is 181 Å². The van der Waals surface area contributed by atoms with Crippen molar-refractivity contribution >= 4 is 34.6 Å². The van der Waals surface area contributed by atoms with Crippen LogP contribution in [0.5, 0.6) is 0 Å². The highest BCUT2D eigenvalue weighted by Gasteiger charge is 2.23. The molecule has 0 aliphatic carbocycles. The molecule has 1 aliphatic rings. The van der Waals surface area contributed by atoms with E-state index >= 15 is 0 Å². The first-order chi connectivity index (χ1) is 14.5. The normalized spacial score (nSPS) is 13.5. The van der Waals surface area contributed by atoms with Crippen molar-refractivity contribution in [1.82, 2.24) is 14.9 Å². The van der Waals surface area contributed by atoms with Gasteiger partial charge in [0.2, 0.25) is 5.91 Å². The van der Waals surface area contributed by atoms with Gasteiger partial charge in [-0.05, 0) is 61.8 Å². The third-order valence-corrected chi connectivity index (χ3v) is 5.59. The number of hydrogen-bond donors (Lipinski definition) is 2. The highest BCUT2D eigenvalue weighted by Crippen LogP contribution is 2.28. The van der Waals surface area contributed by atoms with Gasteiger partial charge in [0.1, 0.15) is 5.82 Å². The summed E-state index contributed by atoms with van der Waals surface area (Å²) in [6, 6.07) is 14.2. The van der Waals surface area contributed by atoms with Crippen molar-refractivity contribution < 1.29 is 4.79 Å². The van der Waals surface area contributed by atoms with Crippen LogP contribution >= 0.6 is 12.2 Å². The zero-order valence-corrected chi connectivity index (χ0v) is 18.0. The number of benzene rings is 2. The van der Waals surface area contributed by atoms with Gasteiger partial charge in [-0.15, -0.1) is 0 Å². The molecule has 2 heterocycles. The van der Waals surface area contributed by atoms with Crippen LogP contribution in [0.25, 0.3) is 5.69 Å². The fourth-order valence-electron chi connectivity index (χ4n) is 3.76. The van der Waals surface area contributed by atoms with Crippen LogP contribution in [0.1, 0.15) is 29.8 Å². The van der Waals surface area contributed by atoms with Crippen LogP contribution in [-0.4, -0.2) is 27.1 Å². The Morgan fingerprint density at radius 1 is 1.17 bits per heavy atom. The molecular formula is C23H25N5OS. The first kappa shape index (κ1) is 20.1. The number of aromatic nitrogens is 2. The first-order valence-electron chi connectivity index (χ1n) is 10.1. The van der Waals surface area contributed by atoms with Crippen LogP contribution in [0.2, 0.25) is 0 Å². The van der Waals surface area contributed by atoms with Crippen molar-refractivity contribution in [2.24, 2.45) is 0 Å². The summed E-state index contributed by atoms with van der Waals surface area (Å²) in [5.41, 5.74) is 5.10. The molecule has 4 rings (SSSR count). The number of imidazole rings is 1. The molecule has 1 aliphatic heterocycles. The average molecular weight is 420 g/mol. The number of carbonyl (C=O) groups is 1. The second kappa shape index (κ2) is 8.67. The molecule has 6 nitrogen and oxygen atoms in total. The zero-order valence-electron chi connectivity index (χ0n) is 17.2. The molecule has 0 spiro atoms. The summed E-state index contributed by atoms with van der Waals surface area (Å²) in [6.07, 6.45) is 5.28. The predicted molar refractivity (Wildman–Crippen MR) is 124 cm³/mol. The Kier molecular flexibility index (Phi) is 5.81. The minimum Gasteiger partial charge on any atom is -0.358 e. The molecule has 1 saturated heterocycles. The van der Waals surface area contributed by atoms with Gasteiger partial charge in [-0.1, -0.05) is 24.3 Å². The van der Waals surface area contributed by atoms with Gasteiger partial charge in [0, 0.05) is 43.3 Å². The van der Waals surface area contributed by atoms with Crippen molar-refractivity contribution in [3.8, 4) is 5.69 Å². The molecule has 30 heavy (non-hydrogen) atoms. The molecule has 0 radical (unpaired) electrons. The van der Waals surface area contributed by atoms with E-state index in [0.29, 0.717) is 18.1 Å². The van der Waals surface area contributed by atoms with Crippen LogP contribution in [0.15, 0.2) is 54.9 Å². The predicted octanol–water partition coefficient (Wildman–Crippen LogP) is 4.10. The summed E-state index contributed by atoms with van der Waals surface area (Å²) in [7, 11) is 0. The average Bonchev–Trinajstić information content (AvgIpc) is 3.36. The monoisotopic (exact) mass is 419 g/mol. The lowest BCUT2D eigenvalue weighted by molar-refractivity contribution is -0.117. The molecule has 2 N–H and O–H groups in total. The zero-order chi connectivity index (χ0) is 21.1. The summed E-state index contributed by atoms with van der Waals surface area (Å²) in [5.74, 6) is 1.12. The lowest BCUT2D eigenvalue weighted by Crippen LogP contribution is -2.29. The Balaban J connectivity index is 1.44. The smallest absolute Gasteiger partial charge is 0.227 e. The molecule has 1 aromatic heterocycles. The van der Waals surface area contributed by atoms with Crippen LogP contribution in [0.4, 0.5) is 11.4 Å². The van der Waals surface area contributed by atoms with Crippen molar-refractivity contribution in [1.29, 1.82) is 0 Å². The van der Waals surface area contributed by atoms with Crippen LogP contribution in [0, 0.1) is 13.8 Å². The first-order valence-corrected chi connectivity index (χ1v) is 10.5. The molecule has 0 atom stereocenters. The fourth-order valence-corrected chi connectivity index (χ4v) is 3.95. The molecule has 0 saturated carbocycles. The van der Waals surface area contributed by atoms with Gasteiger partial charge in [-0.2, -0.15) is 0 Å². The van der Waals surface area contributed by atoms with E-state index in [1.54, 1.807) is 6.20 Å². The minimum absolute atomic E-state index is 0.183. The molecule has 0 unspecified atom stereocenters. The van der Waals surface area contributed by atoms with Crippen molar-refractivity contribution in [2.45, 2.75) is 33.2 Å². The number of amides is 1. The van der Waals surface area contributed by atoms with Crippen LogP contribution < -0.4 is 15.5 Å². The Hall–Kier alpha value is -3.19. The third kappa shape index (κ3) is 4.21. The summed E-state index contributed by atoms with van der Waals surface area (Å²) in [5, 5.41) is 7.07. The molecule has 3 aromatic rings. The van der Waals surface area contributed by atoms with E-state index in [4.69, 9.17) is 12.2 Å². The number of nitrogens with zero attached hydrogens (tertiary/aromatic N) is 3. The van der Waals surface area contributed by atoms with E-state index in [1.165, 1.54) is 0 Å². The standard InChI is InChI=1S/C23H25N5OS/c1-16-9-10-19(14-21(16)28-12-5-8-22(28)29)26-23(30)25-15-18-6-3-4-7-20(18)27-13-11-24-17(27)2/h3-4,6-7,9-11,13-14H,5,8,12,15H2,1-2H3,(H2,25,26,30). The van der Waals surface area contributed by atoms with Gasteiger partial charge < -0.3 is 20.1 Å². The maximum absolute atomic E-state index is 12.1. The number of carbonyl (C=O) groups excluding carboxylic acids is 1. The van der Waals surface area contributed by atoms with Gasteiger partial charge in [-0.3, -0.25) is 4.79 Å². The highest BCUT2D eigenvalue weighted by atomic mass is 32.1. The van der Waals surface area contributed by atoms with Crippen molar-refractivity contribution in [2.75, 3.05) is 16.8 Å². The lowest BCUT2D eigenvalue weighted by Gasteiger charge is -2.20. The molecule has 2 aromatic carbocycles. The summed E-state index contributed by atoms with van der Waals surface area (Å²) in [4.78, 5) is 18.3. The molecule has 7 heteroatoms. The van der Waals surface area contributed by atoms with E-state index in [2.05, 4.69) is 32.3 Å². The lowest BCUT2D eigenvalue weighted by atomic mass is 10.1. The van der Waals surface area contributed by atoms with Crippen molar-refractivity contribution in [3.05, 3.63) is 71.8 Å². The second-order valence-electron chi connectivity index (χ2n) is 7.43. The van der Waals surface area contributed by atoms with E-state index in [1.807, 2.05) is 55.3 Å². The van der Waals surface area contributed by atoms with E-state index < -0.39 is 0 Å². The Morgan fingerprint density at radius 2 is 2.00 bits per heavy atom. The van der Waals surface area contributed by atoms with Gasteiger partial charge in [0.25, 0.3) is 0 Å². The number of hydrogen-bond acceptors (Lipinski definition) is 3. The number of anilines is 2. The molecule has 0 bridgehead atoms. The summed E-state index contributed by atoms with van der Waals surface area (Å²) in [6.45, 7) is 5.37. The number of nitrogens with one attached hydrogen (secondary N) is 2. The number of para-hydroxylation sites is 1. The Morgan fingerprint density at radius 3 is 2.73 bits per heavy atom. The maximum atomic E-state index is 12.1. The summed E-state index contributed by atoms with van der Waals surface area (Å²) >= 11 is 5.52. The van der Waals surface area contributed by atoms with Crippen molar-refractivity contribution in [3.63, 3.8) is 0 Å². The fraction of sp³-hybridized carbons (Fsp3) is 0.261. The molecular weight excluding hydrogens is 394 g/mol. The highest BCUT2D eigenvalue weighted by molar-refractivity contribution is 7.80. The third-order valence-electron chi connectivity index (χ3n) is 5.35. The van der Waals surface area contributed by atoms with Crippen LogP contribution in [0.3, 0.4) is 0 Å². The maximum Gasteiger partial charge on any atom is 0.227 e. The van der Waals surface area contributed by atoms with E-state index in [0.717, 1.165) is 47.0 Å². The molecule has 1 amide bonds.